The fraction of sp³-hybridized carbons (Fsp3) is 0.467. The van der Waals surface area contributed by atoms with Gasteiger partial charge in [0.05, 0.1) is 11.5 Å². The van der Waals surface area contributed by atoms with Gasteiger partial charge in [-0.1, -0.05) is 30.3 Å². The lowest BCUT2D eigenvalue weighted by molar-refractivity contribution is -0.124. The number of nitrogens with one attached hydrogen (secondary N) is 1. The van der Waals surface area contributed by atoms with Gasteiger partial charge in [0.15, 0.2) is 6.04 Å². The van der Waals surface area contributed by atoms with Crippen molar-refractivity contribution in [1.82, 2.24) is 25.5 Å². The van der Waals surface area contributed by atoms with Gasteiger partial charge in [-0.3, -0.25) is 4.79 Å². The standard InChI is InChI=1S/C15H19N5O3S/c1-11-17-18-19-20(11)14(12-5-3-2-4-6-12)15(21)16-13-7-9-24(22,23)10-8-13/h2-6,13-14H,7-10H2,1H3,(H,16,21). The molecule has 128 valence electrons. The van der Waals surface area contributed by atoms with Crippen LogP contribution in [-0.4, -0.2) is 52.1 Å². The summed E-state index contributed by atoms with van der Waals surface area (Å²) in [5.74, 6) is 0.515. The van der Waals surface area contributed by atoms with E-state index in [-0.39, 0.29) is 23.5 Å². The molecule has 1 aromatic carbocycles. The van der Waals surface area contributed by atoms with Gasteiger partial charge in [0.25, 0.3) is 0 Å². The predicted octanol–water partition coefficient (Wildman–Crippen LogP) is 0.264. The van der Waals surface area contributed by atoms with Crippen molar-refractivity contribution in [3.05, 3.63) is 41.7 Å². The van der Waals surface area contributed by atoms with E-state index in [4.69, 9.17) is 0 Å². The lowest BCUT2D eigenvalue weighted by Crippen LogP contribution is -2.44. The van der Waals surface area contributed by atoms with E-state index < -0.39 is 15.9 Å². The molecule has 1 aromatic heterocycles. The third-order valence-corrected chi connectivity index (χ3v) is 5.88. The Morgan fingerprint density at radius 2 is 1.92 bits per heavy atom. The van der Waals surface area contributed by atoms with Gasteiger partial charge in [-0.05, 0) is 35.8 Å². The fourth-order valence-electron chi connectivity index (χ4n) is 2.83. The van der Waals surface area contributed by atoms with Crippen molar-refractivity contribution in [2.24, 2.45) is 0 Å². The molecule has 9 heteroatoms. The molecule has 2 heterocycles. The van der Waals surface area contributed by atoms with Crippen LogP contribution in [0, 0.1) is 6.92 Å². The first-order valence-electron chi connectivity index (χ1n) is 7.76. The van der Waals surface area contributed by atoms with E-state index in [1.165, 1.54) is 4.68 Å². The minimum Gasteiger partial charge on any atom is -0.351 e. The van der Waals surface area contributed by atoms with Crippen LogP contribution >= 0.6 is 0 Å². The van der Waals surface area contributed by atoms with Gasteiger partial charge in [0.2, 0.25) is 5.91 Å². The number of aryl methyl sites for hydroxylation is 1. The highest BCUT2D eigenvalue weighted by Gasteiger charge is 2.30. The summed E-state index contributed by atoms with van der Waals surface area (Å²) in [4.78, 5) is 12.8. The van der Waals surface area contributed by atoms with E-state index in [2.05, 4.69) is 20.8 Å². The Morgan fingerprint density at radius 1 is 1.25 bits per heavy atom. The molecule has 1 fully saturated rings. The van der Waals surface area contributed by atoms with Gasteiger partial charge >= 0.3 is 0 Å². The van der Waals surface area contributed by atoms with Crippen molar-refractivity contribution >= 4 is 15.7 Å². The number of hydrogen-bond donors (Lipinski definition) is 1. The SMILES string of the molecule is Cc1nnnn1C(C(=O)NC1CCS(=O)(=O)CC1)c1ccccc1. The number of amides is 1. The van der Waals surface area contributed by atoms with Crippen LogP contribution in [0.5, 0.6) is 0 Å². The molecular weight excluding hydrogens is 330 g/mol. The normalized spacial score (nSPS) is 18.9. The van der Waals surface area contributed by atoms with E-state index in [0.29, 0.717) is 18.7 Å². The molecule has 1 saturated heterocycles. The van der Waals surface area contributed by atoms with Gasteiger partial charge in [-0.25, -0.2) is 13.1 Å². The van der Waals surface area contributed by atoms with Crippen molar-refractivity contribution in [1.29, 1.82) is 0 Å². The molecule has 1 unspecified atom stereocenters. The Hall–Kier alpha value is -2.29. The molecule has 3 rings (SSSR count). The van der Waals surface area contributed by atoms with Gasteiger partial charge in [0.1, 0.15) is 15.7 Å². The topological polar surface area (TPSA) is 107 Å². The highest BCUT2D eigenvalue weighted by atomic mass is 32.2. The molecule has 1 N–H and O–H groups in total. The van der Waals surface area contributed by atoms with Crippen LogP contribution in [0.1, 0.15) is 30.3 Å². The number of benzene rings is 1. The molecule has 0 bridgehead atoms. The van der Waals surface area contributed by atoms with Gasteiger partial charge in [-0.2, -0.15) is 0 Å². The first-order chi connectivity index (χ1) is 11.5. The Balaban J connectivity index is 1.81. The predicted molar refractivity (Wildman–Crippen MR) is 87.0 cm³/mol. The van der Waals surface area contributed by atoms with Gasteiger partial charge in [-0.15, -0.1) is 5.10 Å². The molecule has 0 saturated carbocycles. The first-order valence-corrected chi connectivity index (χ1v) is 9.58. The molecule has 1 aliphatic heterocycles. The van der Waals surface area contributed by atoms with E-state index in [0.717, 1.165) is 5.56 Å². The molecule has 2 aromatic rings. The second kappa shape index (κ2) is 6.68. The number of carbonyl (C=O) groups is 1. The monoisotopic (exact) mass is 349 g/mol. The van der Waals surface area contributed by atoms with E-state index in [1.54, 1.807) is 6.92 Å². The summed E-state index contributed by atoms with van der Waals surface area (Å²) in [7, 11) is -2.96. The van der Waals surface area contributed by atoms with Crippen LogP contribution < -0.4 is 5.32 Å². The van der Waals surface area contributed by atoms with Crippen LogP contribution in [0.3, 0.4) is 0 Å². The molecule has 24 heavy (non-hydrogen) atoms. The molecule has 0 spiro atoms. The molecular formula is C15H19N5O3S. The fourth-order valence-corrected chi connectivity index (χ4v) is 4.32. The quantitative estimate of drug-likeness (QED) is 0.849. The lowest BCUT2D eigenvalue weighted by Gasteiger charge is -2.26. The number of carbonyl (C=O) groups excluding carboxylic acids is 1. The third-order valence-electron chi connectivity index (χ3n) is 4.17. The molecule has 0 radical (unpaired) electrons. The zero-order valence-corrected chi connectivity index (χ0v) is 14.1. The number of aromatic nitrogens is 4. The van der Waals surface area contributed by atoms with E-state index >= 15 is 0 Å². The van der Waals surface area contributed by atoms with E-state index in [9.17, 15) is 13.2 Å². The van der Waals surface area contributed by atoms with Crippen LogP contribution in [0.4, 0.5) is 0 Å². The molecule has 0 aliphatic carbocycles. The largest absolute Gasteiger partial charge is 0.351 e. The summed E-state index contributed by atoms with van der Waals surface area (Å²) in [6.45, 7) is 1.73. The zero-order valence-electron chi connectivity index (χ0n) is 13.3. The summed E-state index contributed by atoms with van der Waals surface area (Å²) in [6, 6.07) is 8.43. The van der Waals surface area contributed by atoms with Crippen molar-refractivity contribution in [3.8, 4) is 0 Å². The van der Waals surface area contributed by atoms with E-state index in [1.807, 2.05) is 30.3 Å². The molecule has 1 amide bonds. The molecule has 1 atom stereocenters. The third kappa shape index (κ3) is 3.61. The number of rotatable bonds is 4. The summed E-state index contributed by atoms with van der Waals surface area (Å²) in [6.07, 6.45) is 0.869. The van der Waals surface area contributed by atoms with Crippen LogP contribution in [0.25, 0.3) is 0 Å². The number of sulfone groups is 1. The molecule has 8 nitrogen and oxygen atoms in total. The first kappa shape index (κ1) is 16.6. The second-order valence-corrected chi connectivity index (χ2v) is 8.22. The van der Waals surface area contributed by atoms with Crippen LogP contribution in [-0.2, 0) is 14.6 Å². The maximum Gasteiger partial charge on any atom is 0.249 e. The average Bonchev–Trinajstić information content (AvgIpc) is 2.97. The maximum absolute atomic E-state index is 12.8. The highest BCUT2D eigenvalue weighted by Crippen LogP contribution is 2.20. The van der Waals surface area contributed by atoms with Crippen LogP contribution in [0.2, 0.25) is 0 Å². The minimum atomic E-state index is -2.96. The summed E-state index contributed by atoms with van der Waals surface area (Å²) in [5.41, 5.74) is 0.772. The Kier molecular flexibility index (Phi) is 4.61. The van der Waals surface area contributed by atoms with Gasteiger partial charge in [0, 0.05) is 6.04 Å². The number of hydrogen-bond acceptors (Lipinski definition) is 6. The van der Waals surface area contributed by atoms with Crippen molar-refractivity contribution in [2.45, 2.75) is 31.8 Å². The number of nitrogens with zero attached hydrogens (tertiary/aromatic N) is 4. The Morgan fingerprint density at radius 3 is 2.50 bits per heavy atom. The second-order valence-electron chi connectivity index (χ2n) is 5.92. The summed E-state index contributed by atoms with van der Waals surface area (Å²) >= 11 is 0. The van der Waals surface area contributed by atoms with Crippen LogP contribution in [0.15, 0.2) is 30.3 Å². The lowest BCUT2D eigenvalue weighted by atomic mass is 10.0. The highest BCUT2D eigenvalue weighted by molar-refractivity contribution is 7.91. The van der Waals surface area contributed by atoms with Gasteiger partial charge < -0.3 is 5.32 Å². The van der Waals surface area contributed by atoms with Crippen molar-refractivity contribution < 1.29 is 13.2 Å². The molecule has 1 aliphatic rings. The summed E-state index contributed by atoms with van der Waals surface area (Å²) in [5, 5.41) is 14.4. The Labute approximate surface area is 140 Å². The average molecular weight is 349 g/mol. The van der Waals surface area contributed by atoms with Crippen molar-refractivity contribution in [2.75, 3.05) is 11.5 Å². The minimum absolute atomic E-state index is 0.109. The Bertz CT molecular complexity index is 805. The number of tetrazole rings is 1. The van der Waals surface area contributed by atoms with Crippen molar-refractivity contribution in [3.63, 3.8) is 0 Å². The smallest absolute Gasteiger partial charge is 0.249 e. The maximum atomic E-state index is 12.8. The zero-order chi connectivity index (χ0) is 17.2. The summed E-state index contributed by atoms with van der Waals surface area (Å²) < 4.78 is 24.5.